The van der Waals surface area contributed by atoms with E-state index >= 15 is 0 Å². The zero-order valence-electron chi connectivity index (χ0n) is 10.1. The average Bonchev–Trinajstić information content (AvgIpc) is 2.89. The van der Waals surface area contributed by atoms with Crippen molar-refractivity contribution in [3.8, 4) is 0 Å². The third kappa shape index (κ3) is 3.20. The fraction of sp³-hybridized carbons (Fsp3) is 0.818. The molecule has 7 heteroatoms. The molecule has 0 spiro atoms. The number of nitrogens with one attached hydrogen (secondary N) is 1. The molecule has 2 aliphatic rings. The smallest absolute Gasteiger partial charge is 0.229 e. The molecule has 0 amide bonds. The highest BCUT2D eigenvalue weighted by molar-refractivity contribution is 8.06. The van der Waals surface area contributed by atoms with Crippen molar-refractivity contribution >= 4 is 23.5 Å². The van der Waals surface area contributed by atoms with E-state index in [1.807, 2.05) is 23.5 Å². The minimum absolute atomic E-state index is 0.167. The lowest BCUT2D eigenvalue weighted by molar-refractivity contribution is 0.0246. The Hall–Kier alpha value is -0.240. The largest absolute Gasteiger partial charge is 0.375 e. The van der Waals surface area contributed by atoms with E-state index in [-0.39, 0.29) is 6.10 Å². The monoisotopic (exact) mass is 287 g/mol. The summed E-state index contributed by atoms with van der Waals surface area (Å²) >= 11 is 3.89. The maximum Gasteiger partial charge on any atom is 0.229 e. The van der Waals surface area contributed by atoms with Crippen molar-refractivity contribution in [2.45, 2.75) is 17.8 Å². The third-order valence-electron chi connectivity index (χ3n) is 2.99. The fourth-order valence-corrected chi connectivity index (χ4v) is 4.65. The van der Waals surface area contributed by atoms with Gasteiger partial charge in [-0.2, -0.15) is 16.7 Å². The molecule has 2 aliphatic heterocycles. The van der Waals surface area contributed by atoms with Crippen LogP contribution in [-0.2, 0) is 11.2 Å². The van der Waals surface area contributed by atoms with Gasteiger partial charge in [-0.25, -0.2) is 0 Å². The van der Waals surface area contributed by atoms with E-state index in [1.165, 1.54) is 11.5 Å². The summed E-state index contributed by atoms with van der Waals surface area (Å²) in [5, 5.41) is 7.81. The van der Waals surface area contributed by atoms with Gasteiger partial charge in [0.25, 0.3) is 0 Å². The first-order chi connectivity index (χ1) is 8.92. The van der Waals surface area contributed by atoms with Crippen molar-refractivity contribution in [1.29, 1.82) is 0 Å². The highest BCUT2D eigenvalue weighted by Gasteiger charge is 2.23. The summed E-state index contributed by atoms with van der Waals surface area (Å²) in [5.41, 5.74) is 0. The summed E-state index contributed by atoms with van der Waals surface area (Å²) in [6.45, 7) is 2.56. The van der Waals surface area contributed by atoms with E-state index in [4.69, 9.17) is 9.26 Å². The molecular formula is C11H17N3O2S2. The lowest BCUT2D eigenvalue weighted by Crippen LogP contribution is -2.39. The Labute approximate surface area is 115 Å². The second-order valence-electron chi connectivity index (χ2n) is 4.38. The van der Waals surface area contributed by atoms with E-state index in [2.05, 4.69) is 15.5 Å². The molecule has 5 nitrogen and oxygen atoms in total. The van der Waals surface area contributed by atoms with Crippen molar-refractivity contribution in [3.63, 3.8) is 0 Å². The van der Waals surface area contributed by atoms with Gasteiger partial charge >= 0.3 is 0 Å². The zero-order valence-corrected chi connectivity index (χ0v) is 11.8. The van der Waals surface area contributed by atoms with Gasteiger partial charge in [0.05, 0.1) is 24.4 Å². The average molecular weight is 287 g/mol. The van der Waals surface area contributed by atoms with Gasteiger partial charge in [0.15, 0.2) is 5.82 Å². The van der Waals surface area contributed by atoms with Crippen LogP contribution in [0, 0.1) is 0 Å². The minimum atomic E-state index is 0.167. The molecule has 18 heavy (non-hydrogen) atoms. The molecule has 0 saturated carbocycles. The first-order valence-corrected chi connectivity index (χ1v) is 8.46. The van der Waals surface area contributed by atoms with Gasteiger partial charge < -0.3 is 14.6 Å². The Morgan fingerprint density at radius 3 is 3.17 bits per heavy atom. The summed E-state index contributed by atoms with van der Waals surface area (Å²) in [4.78, 5) is 4.51. The number of rotatable bonds is 3. The molecule has 0 radical (unpaired) electrons. The van der Waals surface area contributed by atoms with Crippen LogP contribution in [-0.4, -0.2) is 53.2 Å². The highest BCUT2D eigenvalue weighted by Crippen LogP contribution is 2.35. The molecule has 1 N–H and O–H groups in total. The SMILES string of the molecule is C1COC(Cc2nc(C3CSCCS3)no2)CN1. The molecule has 2 saturated heterocycles. The van der Waals surface area contributed by atoms with E-state index in [1.54, 1.807) is 0 Å². The predicted molar refractivity (Wildman–Crippen MR) is 73.1 cm³/mol. The molecule has 3 rings (SSSR count). The summed E-state index contributed by atoms with van der Waals surface area (Å²) in [6, 6.07) is 0. The summed E-state index contributed by atoms with van der Waals surface area (Å²) < 4.78 is 11.0. The number of aromatic nitrogens is 2. The summed E-state index contributed by atoms with van der Waals surface area (Å²) in [6.07, 6.45) is 0.880. The van der Waals surface area contributed by atoms with Gasteiger partial charge in [0.2, 0.25) is 5.89 Å². The number of nitrogens with zero attached hydrogens (tertiary/aromatic N) is 2. The van der Waals surface area contributed by atoms with E-state index in [0.717, 1.165) is 31.3 Å². The van der Waals surface area contributed by atoms with Crippen molar-refractivity contribution in [3.05, 3.63) is 11.7 Å². The van der Waals surface area contributed by atoms with Gasteiger partial charge in [-0.1, -0.05) is 5.16 Å². The van der Waals surface area contributed by atoms with Crippen molar-refractivity contribution in [2.24, 2.45) is 0 Å². The van der Waals surface area contributed by atoms with Gasteiger partial charge in [0.1, 0.15) is 0 Å². The second-order valence-corrected chi connectivity index (χ2v) is 6.84. The Balaban J connectivity index is 1.58. The fourth-order valence-electron chi connectivity index (χ4n) is 2.06. The van der Waals surface area contributed by atoms with Gasteiger partial charge in [-0.05, 0) is 0 Å². The van der Waals surface area contributed by atoms with Crippen LogP contribution >= 0.6 is 23.5 Å². The maximum atomic E-state index is 5.64. The molecule has 2 fully saturated rings. The molecular weight excluding hydrogens is 270 g/mol. The highest BCUT2D eigenvalue weighted by atomic mass is 32.2. The lowest BCUT2D eigenvalue weighted by atomic mass is 10.2. The standard InChI is InChI=1S/C11H17N3O2S2/c1-2-15-8(6-12-1)5-10-13-11(14-16-10)9-7-17-3-4-18-9/h8-9,12H,1-7H2. The van der Waals surface area contributed by atoms with Gasteiger partial charge in [0, 0.05) is 30.3 Å². The Bertz CT molecular complexity index is 376. The van der Waals surface area contributed by atoms with Crippen molar-refractivity contribution < 1.29 is 9.26 Å². The van der Waals surface area contributed by atoms with Crippen LogP contribution in [0.4, 0.5) is 0 Å². The predicted octanol–water partition coefficient (Wildman–Crippen LogP) is 1.12. The summed E-state index contributed by atoms with van der Waals surface area (Å²) in [5.74, 6) is 5.05. The van der Waals surface area contributed by atoms with Crippen molar-refractivity contribution in [2.75, 3.05) is 37.0 Å². The quantitative estimate of drug-likeness (QED) is 0.894. The summed E-state index contributed by atoms with van der Waals surface area (Å²) in [7, 11) is 0. The van der Waals surface area contributed by atoms with Crippen LogP contribution in [0.1, 0.15) is 17.0 Å². The second kappa shape index (κ2) is 6.27. The molecule has 3 heterocycles. The van der Waals surface area contributed by atoms with Crippen LogP contribution < -0.4 is 5.32 Å². The Morgan fingerprint density at radius 2 is 2.39 bits per heavy atom. The molecule has 2 atom stereocenters. The number of hydrogen-bond donors (Lipinski definition) is 1. The lowest BCUT2D eigenvalue weighted by Gasteiger charge is -2.22. The number of thioether (sulfide) groups is 2. The van der Waals surface area contributed by atoms with Crippen LogP contribution in [0.5, 0.6) is 0 Å². The number of hydrogen-bond acceptors (Lipinski definition) is 7. The molecule has 100 valence electrons. The zero-order chi connectivity index (χ0) is 12.2. The first kappa shape index (κ1) is 12.8. The van der Waals surface area contributed by atoms with Crippen molar-refractivity contribution in [1.82, 2.24) is 15.5 Å². The molecule has 2 unspecified atom stereocenters. The normalized spacial score (nSPS) is 29.3. The van der Waals surface area contributed by atoms with Crippen LogP contribution in [0.2, 0.25) is 0 Å². The molecule has 1 aromatic rings. The first-order valence-electron chi connectivity index (χ1n) is 6.26. The van der Waals surface area contributed by atoms with Crippen LogP contribution in [0.25, 0.3) is 0 Å². The van der Waals surface area contributed by atoms with Crippen LogP contribution in [0.15, 0.2) is 4.52 Å². The number of morpholine rings is 1. The maximum absolute atomic E-state index is 5.64. The molecule has 0 aromatic carbocycles. The molecule has 0 aliphatic carbocycles. The number of ether oxygens (including phenoxy) is 1. The third-order valence-corrected chi connectivity index (χ3v) is 5.75. The molecule has 0 bridgehead atoms. The van der Waals surface area contributed by atoms with E-state index in [9.17, 15) is 0 Å². The Morgan fingerprint density at radius 1 is 1.39 bits per heavy atom. The van der Waals surface area contributed by atoms with E-state index < -0.39 is 0 Å². The minimum Gasteiger partial charge on any atom is -0.375 e. The van der Waals surface area contributed by atoms with Crippen LogP contribution in [0.3, 0.4) is 0 Å². The van der Waals surface area contributed by atoms with E-state index in [0.29, 0.717) is 17.6 Å². The Kier molecular flexibility index (Phi) is 4.45. The van der Waals surface area contributed by atoms with Gasteiger partial charge in [-0.15, -0.1) is 11.8 Å². The topological polar surface area (TPSA) is 60.2 Å². The van der Waals surface area contributed by atoms with Gasteiger partial charge in [-0.3, -0.25) is 0 Å². The molecule has 1 aromatic heterocycles.